The number of aliphatic hydroxyl groups is 1. The second-order valence-corrected chi connectivity index (χ2v) is 13.1. The minimum atomic E-state index is -0.171. The number of aldehydes is 1. The quantitative estimate of drug-likeness (QED) is 0.0971. The van der Waals surface area contributed by atoms with Crippen molar-refractivity contribution >= 4 is 41.1 Å². The van der Waals surface area contributed by atoms with Gasteiger partial charge in [0.2, 0.25) is 5.91 Å². The number of amides is 1. The molecule has 0 spiro atoms. The lowest BCUT2D eigenvalue weighted by Gasteiger charge is -2.17. The number of aliphatic hydroxyl groups excluding tert-OH is 1. The average molecular weight is 649 g/mol. The number of nitrogens with one attached hydrogen (secondary N) is 2. The number of anilines is 2. The molecule has 1 fully saturated rings. The zero-order valence-electron chi connectivity index (χ0n) is 27.1. The van der Waals surface area contributed by atoms with Crippen LogP contribution >= 0.6 is 11.8 Å². The standard InChI is InChI=1S/C34H52N2O8S/c1-24(31(38)6-4-5-7-33-28-21-32(39)25(2)29(28)23-45-33)10-12-41-14-16-43-18-19-44-17-15-42-13-11-34(40)36-27-9-8-26(22-37)30(20-27)35-3/h8-9,20-22,24-25,28-29,33,35,39H,4-7,10-19,23H2,1-3H3,(H,36,40). The molecule has 1 aliphatic carbocycles. The molecule has 0 bridgehead atoms. The van der Waals surface area contributed by atoms with Gasteiger partial charge in [0.1, 0.15) is 5.78 Å². The molecule has 0 saturated carbocycles. The van der Waals surface area contributed by atoms with Crippen LogP contribution in [0.2, 0.25) is 0 Å². The summed E-state index contributed by atoms with van der Waals surface area (Å²) in [6.07, 6.45) is 7.52. The average Bonchev–Trinajstić information content (AvgIpc) is 3.56. The maximum atomic E-state index is 12.5. The lowest BCUT2D eigenvalue weighted by Crippen LogP contribution is -2.17. The molecule has 0 radical (unpaired) electrons. The number of allylic oxidation sites excluding steroid dienone is 2. The molecule has 0 aromatic heterocycles. The maximum Gasteiger partial charge on any atom is 0.226 e. The van der Waals surface area contributed by atoms with E-state index in [0.717, 1.165) is 37.7 Å². The van der Waals surface area contributed by atoms with Crippen LogP contribution in [0.5, 0.6) is 0 Å². The van der Waals surface area contributed by atoms with Crippen LogP contribution in [0.25, 0.3) is 0 Å². The minimum Gasteiger partial charge on any atom is -0.512 e. The van der Waals surface area contributed by atoms with Gasteiger partial charge in [0.25, 0.3) is 0 Å². The van der Waals surface area contributed by atoms with Gasteiger partial charge in [-0.3, -0.25) is 14.4 Å². The van der Waals surface area contributed by atoms with E-state index in [1.807, 2.05) is 18.7 Å². The molecule has 1 aliphatic heterocycles. The van der Waals surface area contributed by atoms with Crippen molar-refractivity contribution in [2.45, 2.75) is 57.6 Å². The molecule has 1 saturated heterocycles. The number of hydrogen-bond acceptors (Lipinski definition) is 10. The number of ketones is 1. The van der Waals surface area contributed by atoms with Crippen molar-refractivity contribution in [2.24, 2.45) is 23.7 Å². The third kappa shape index (κ3) is 12.7. The Morgan fingerprint density at radius 2 is 1.67 bits per heavy atom. The van der Waals surface area contributed by atoms with Gasteiger partial charge in [-0.15, -0.1) is 0 Å². The Labute approximate surface area is 272 Å². The summed E-state index contributed by atoms with van der Waals surface area (Å²) in [4.78, 5) is 35.6. The highest BCUT2D eigenvalue weighted by molar-refractivity contribution is 8.00. The predicted molar refractivity (Wildman–Crippen MR) is 178 cm³/mol. The van der Waals surface area contributed by atoms with Gasteiger partial charge in [-0.2, -0.15) is 11.8 Å². The Kier molecular flexibility index (Phi) is 17.0. The van der Waals surface area contributed by atoms with Gasteiger partial charge in [0.15, 0.2) is 6.29 Å². The predicted octanol–water partition coefficient (Wildman–Crippen LogP) is 5.53. The van der Waals surface area contributed by atoms with Crippen LogP contribution < -0.4 is 10.6 Å². The summed E-state index contributed by atoms with van der Waals surface area (Å²) in [6, 6.07) is 5.05. The summed E-state index contributed by atoms with van der Waals surface area (Å²) < 4.78 is 22.1. The van der Waals surface area contributed by atoms with Crippen molar-refractivity contribution in [3.8, 4) is 0 Å². The van der Waals surface area contributed by atoms with Crippen LogP contribution in [0.3, 0.4) is 0 Å². The second-order valence-electron chi connectivity index (χ2n) is 11.8. The molecule has 252 valence electrons. The van der Waals surface area contributed by atoms with Gasteiger partial charge in [-0.05, 0) is 61.1 Å². The number of carbonyl (C=O) groups excluding carboxylic acids is 3. The van der Waals surface area contributed by atoms with Crippen molar-refractivity contribution in [3.63, 3.8) is 0 Å². The van der Waals surface area contributed by atoms with E-state index in [-0.39, 0.29) is 24.9 Å². The Morgan fingerprint density at radius 3 is 2.33 bits per heavy atom. The molecule has 5 atom stereocenters. The highest BCUT2D eigenvalue weighted by Crippen LogP contribution is 2.49. The topological polar surface area (TPSA) is 132 Å². The molecular formula is C34H52N2O8S. The molecule has 2 aliphatic rings. The first-order chi connectivity index (χ1) is 21.8. The number of ether oxygens (including phenoxy) is 4. The summed E-state index contributed by atoms with van der Waals surface area (Å²) in [5, 5.41) is 16.3. The number of benzene rings is 1. The van der Waals surface area contributed by atoms with E-state index >= 15 is 0 Å². The smallest absolute Gasteiger partial charge is 0.226 e. The van der Waals surface area contributed by atoms with Crippen LogP contribution in [0.15, 0.2) is 30.0 Å². The Hall–Kier alpha value is -2.44. The number of rotatable bonds is 24. The fourth-order valence-corrected chi connectivity index (χ4v) is 7.52. The van der Waals surface area contributed by atoms with E-state index in [1.54, 1.807) is 25.2 Å². The van der Waals surface area contributed by atoms with Gasteiger partial charge in [0, 0.05) is 54.1 Å². The van der Waals surface area contributed by atoms with Crippen molar-refractivity contribution in [2.75, 3.05) is 76.3 Å². The first-order valence-electron chi connectivity index (χ1n) is 16.3. The van der Waals surface area contributed by atoms with E-state index in [2.05, 4.69) is 23.6 Å². The first kappa shape index (κ1) is 37.0. The minimum absolute atomic E-state index is 0.00453. The number of unbranched alkanes of at least 4 members (excludes halogenated alkanes) is 1. The number of fused-ring (bicyclic) bond motifs is 1. The van der Waals surface area contributed by atoms with Crippen molar-refractivity contribution in [1.82, 2.24) is 0 Å². The lowest BCUT2D eigenvalue weighted by molar-refractivity contribution is -0.123. The van der Waals surface area contributed by atoms with Crippen LogP contribution in [-0.2, 0) is 28.5 Å². The van der Waals surface area contributed by atoms with Crippen molar-refractivity contribution < 1.29 is 38.4 Å². The number of thioether (sulfide) groups is 1. The molecule has 3 N–H and O–H groups in total. The zero-order valence-corrected chi connectivity index (χ0v) is 27.9. The van der Waals surface area contributed by atoms with Crippen LogP contribution in [-0.4, -0.2) is 94.0 Å². The molecule has 45 heavy (non-hydrogen) atoms. The fourth-order valence-electron chi connectivity index (χ4n) is 5.70. The molecule has 1 aromatic carbocycles. The monoisotopic (exact) mass is 648 g/mol. The molecule has 5 unspecified atom stereocenters. The molecule has 1 heterocycles. The molecule has 1 amide bonds. The van der Waals surface area contributed by atoms with E-state index in [4.69, 9.17) is 18.9 Å². The zero-order chi connectivity index (χ0) is 32.4. The number of carbonyl (C=O) groups is 3. The largest absolute Gasteiger partial charge is 0.512 e. The van der Waals surface area contributed by atoms with E-state index in [0.29, 0.717) is 104 Å². The normalized spacial score (nSPS) is 21.3. The Balaban J connectivity index is 1.06. The second kappa shape index (κ2) is 20.6. The summed E-state index contributed by atoms with van der Waals surface area (Å²) in [7, 11) is 1.72. The SMILES string of the molecule is CNc1cc(NC(=O)CCOCCOCCOCCOCCC(C)C(=O)CCCCC2SCC3C(C)C(O)=CC23)ccc1C=O. The molecule has 1 aromatic rings. The molecule has 11 heteroatoms. The Morgan fingerprint density at radius 1 is 1.00 bits per heavy atom. The van der Waals surface area contributed by atoms with Crippen molar-refractivity contribution in [1.29, 1.82) is 0 Å². The highest BCUT2D eigenvalue weighted by atomic mass is 32.2. The van der Waals surface area contributed by atoms with Gasteiger partial charge in [0.05, 0.1) is 58.4 Å². The van der Waals surface area contributed by atoms with Crippen LogP contribution in [0, 0.1) is 23.7 Å². The number of hydrogen-bond donors (Lipinski definition) is 3. The van der Waals surface area contributed by atoms with Gasteiger partial charge in [-0.25, -0.2) is 0 Å². The maximum absolute atomic E-state index is 12.5. The van der Waals surface area contributed by atoms with Crippen LogP contribution in [0.1, 0.15) is 62.7 Å². The van der Waals surface area contributed by atoms with E-state index < -0.39 is 0 Å². The van der Waals surface area contributed by atoms with Gasteiger partial charge >= 0.3 is 0 Å². The fraction of sp³-hybridized carbons (Fsp3) is 0.676. The summed E-state index contributed by atoms with van der Waals surface area (Å²) in [5.74, 6) is 3.23. The highest BCUT2D eigenvalue weighted by Gasteiger charge is 2.43. The molecular weight excluding hydrogens is 596 g/mol. The van der Waals surface area contributed by atoms with Crippen LogP contribution in [0.4, 0.5) is 11.4 Å². The van der Waals surface area contributed by atoms with Gasteiger partial charge in [-0.1, -0.05) is 20.3 Å². The van der Waals surface area contributed by atoms with Gasteiger partial charge < -0.3 is 34.7 Å². The molecule has 3 rings (SSSR count). The summed E-state index contributed by atoms with van der Waals surface area (Å²) >= 11 is 2.04. The third-order valence-corrected chi connectivity index (χ3v) is 10.2. The van der Waals surface area contributed by atoms with E-state index in [9.17, 15) is 19.5 Å². The summed E-state index contributed by atoms with van der Waals surface area (Å²) in [6.45, 7) is 7.58. The third-order valence-electron chi connectivity index (χ3n) is 8.63. The van der Waals surface area contributed by atoms with E-state index in [1.165, 1.54) is 0 Å². The lowest BCUT2D eigenvalue weighted by atomic mass is 9.87. The summed E-state index contributed by atoms with van der Waals surface area (Å²) in [5.41, 5.74) is 1.79. The number of Topliss-reactive ketones (excluding diaryl/α,β-unsaturated/α-hetero) is 1. The molecule has 10 nitrogen and oxygen atoms in total. The Bertz CT molecular complexity index is 1100. The van der Waals surface area contributed by atoms with Crippen molar-refractivity contribution in [3.05, 3.63) is 35.6 Å². The first-order valence-corrected chi connectivity index (χ1v) is 17.3.